The molecular formula is C13H13NO2. The Labute approximate surface area is 94.4 Å². The van der Waals surface area contributed by atoms with Crippen LogP contribution in [0.1, 0.15) is 18.4 Å². The highest BCUT2D eigenvalue weighted by atomic mass is 16.2. The van der Waals surface area contributed by atoms with Gasteiger partial charge in [-0.3, -0.25) is 9.59 Å². The Bertz CT molecular complexity index is 434. The smallest absolute Gasteiger partial charge is 0.227 e. The monoisotopic (exact) mass is 215 g/mol. The van der Waals surface area contributed by atoms with E-state index in [-0.39, 0.29) is 5.91 Å². The van der Waals surface area contributed by atoms with Gasteiger partial charge in [-0.1, -0.05) is 18.7 Å². The molecule has 1 aromatic rings. The van der Waals surface area contributed by atoms with Crippen LogP contribution in [0.25, 0.3) is 5.57 Å². The van der Waals surface area contributed by atoms with E-state index in [1.165, 1.54) is 0 Å². The van der Waals surface area contributed by atoms with Gasteiger partial charge >= 0.3 is 0 Å². The molecule has 16 heavy (non-hydrogen) atoms. The summed E-state index contributed by atoms with van der Waals surface area (Å²) in [6, 6.07) is 7.34. The van der Waals surface area contributed by atoms with Gasteiger partial charge in [0.05, 0.1) is 0 Å². The lowest BCUT2D eigenvalue weighted by Crippen LogP contribution is -2.23. The molecule has 3 nitrogen and oxygen atoms in total. The minimum absolute atomic E-state index is 0.168. The summed E-state index contributed by atoms with van der Waals surface area (Å²) in [6.07, 6.45) is 2.28. The molecule has 2 rings (SSSR count). The third kappa shape index (κ3) is 1.89. The molecule has 0 unspecified atom stereocenters. The molecule has 1 saturated heterocycles. The predicted octanol–water partition coefficient (Wildman–Crippen LogP) is 2.03. The topological polar surface area (TPSA) is 37.4 Å². The van der Waals surface area contributed by atoms with Crippen molar-refractivity contribution in [2.24, 2.45) is 0 Å². The Kier molecular flexibility index (Phi) is 2.86. The van der Waals surface area contributed by atoms with E-state index >= 15 is 0 Å². The van der Waals surface area contributed by atoms with E-state index in [4.69, 9.17) is 0 Å². The van der Waals surface area contributed by atoms with Crippen LogP contribution in [-0.4, -0.2) is 18.7 Å². The van der Waals surface area contributed by atoms with Gasteiger partial charge in [0.1, 0.15) is 6.29 Å². The van der Waals surface area contributed by atoms with Crippen LogP contribution < -0.4 is 4.90 Å². The zero-order chi connectivity index (χ0) is 11.5. The second kappa shape index (κ2) is 4.31. The van der Waals surface area contributed by atoms with Crippen LogP contribution in [0, 0.1) is 0 Å². The second-order valence-electron chi connectivity index (χ2n) is 3.84. The third-order valence-electron chi connectivity index (χ3n) is 2.77. The Hall–Kier alpha value is -1.90. The molecular weight excluding hydrogens is 202 g/mol. The number of hydrogen-bond acceptors (Lipinski definition) is 2. The summed E-state index contributed by atoms with van der Waals surface area (Å²) in [5.74, 6) is 0.168. The molecule has 0 atom stereocenters. The van der Waals surface area contributed by atoms with Gasteiger partial charge in [0, 0.05) is 24.2 Å². The first-order chi connectivity index (χ1) is 7.72. The van der Waals surface area contributed by atoms with E-state index in [2.05, 4.69) is 6.58 Å². The van der Waals surface area contributed by atoms with Crippen LogP contribution in [0.15, 0.2) is 30.8 Å². The zero-order valence-electron chi connectivity index (χ0n) is 8.98. The maximum Gasteiger partial charge on any atom is 0.227 e. The van der Waals surface area contributed by atoms with Crippen molar-refractivity contribution < 1.29 is 9.59 Å². The average Bonchev–Trinajstić information content (AvgIpc) is 2.75. The van der Waals surface area contributed by atoms with Gasteiger partial charge in [0.2, 0.25) is 5.91 Å². The SMILES string of the molecule is C=C(C=O)c1ccc(N2CCCC2=O)cc1. The number of nitrogens with zero attached hydrogens (tertiary/aromatic N) is 1. The maximum atomic E-state index is 11.5. The number of carbonyl (C=O) groups excluding carboxylic acids is 2. The van der Waals surface area contributed by atoms with Crippen LogP contribution in [-0.2, 0) is 9.59 Å². The Balaban J connectivity index is 2.22. The van der Waals surface area contributed by atoms with E-state index < -0.39 is 0 Å². The Morgan fingerprint density at radius 3 is 2.50 bits per heavy atom. The highest BCUT2D eigenvalue weighted by molar-refractivity contribution is 6.06. The summed E-state index contributed by atoms with van der Waals surface area (Å²) in [6.45, 7) is 4.42. The Morgan fingerprint density at radius 2 is 2.00 bits per heavy atom. The molecule has 3 heteroatoms. The normalized spacial score (nSPS) is 15.2. The lowest BCUT2D eigenvalue weighted by atomic mass is 10.1. The highest BCUT2D eigenvalue weighted by Crippen LogP contribution is 2.22. The molecule has 1 fully saturated rings. The fourth-order valence-corrected chi connectivity index (χ4v) is 1.84. The molecule has 82 valence electrons. The molecule has 0 N–H and O–H groups in total. The molecule has 1 amide bonds. The van der Waals surface area contributed by atoms with Gasteiger partial charge in [-0.25, -0.2) is 0 Å². The van der Waals surface area contributed by atoms with Gasteiger partial charge in [0.25, 0.3) is 0 Å². The van der Waals surface area contributed by atoms with Crippen LogP contribution >= 0.6 is 0 Å². The average molecular weight is 215 g/mol. The number of benzene rings is 1. The van der Waals surface area contributed by atoms with Gasteiger partial charge in [-0.05, 0) is 24.1 Å². The quantitative estimate of drug-likeness (QED) is 0.571. The fourth-order valence-electron chi connectivity index (χ4n) is 1.84. The lowest BCUT2D eigenvalue weighted by Gasteiger charge is -2.15. The molecule has 1 heterocycles. The minimum Gasteiger partial charge on any atom is -0.312 e. The van der Waals surface area contributed by atoms with Crippen molar-refractivity contribution in [2.75, 3.05) is 11.4 Å². The summed E-state index contributed by atoms with van der Waals surface area (Å²) >= 11 is 0. The molecule has 0 aliphatic carbocycles. The van der Waals surface area contributed by atoms with Gasteiger partial charge < -0.3 is 4.90 Å². The van der Waals surface area contributed by atoms with E-state index in [9.17, 15) is 9.59 Å². The van der Waals surface area contributed by atoms with Crippen LogP contribution in [0.5, 0.6) is 0 Å². The molecule has 0 bridgehead atoms. The number of amides is 1. The van der Waals surface area contributed by atoms with E-state index in [1.54, 1.807) is 4.90 Å². The third-order valence-corrected chi connectivity index (χ3v) is 2.77. The molecule has 1 aromatic carbocycles. The summed E-state index contributed by atoms with van der Waals surface area (Å²) in [4.78, 5) is 23.8. The standard InChI is InChI=1S/C13H13NO2/c1-10(9-15)11-4-6-12(7-5-11)14-8-2-3-13(14)16/h4-7,9H,1-3,8H2. The van der Waals surface area contributed by atoms with Crippen molar-refractivity contribution in [1.29, 1.82) is 0 Å². The van der Waals surface area contributed by atoms with Gasteiger partial charge in [0.15, 0.2) is 0 Å². The largest absolute Gasteiger partial charge is 0.312 e. The number of aldehydes is 1. The first-order valence-electron chi connectivity index (χ1n) is 5.27. The van der Waals surface area contributed by atoms with E-state index in [0.717, 1.165) is 30.5 Å². The molecule has 0 aromatic heterocycles. The molecule has 1 aliphatic heterocycles. The lowest BCUT2D eigenvalue weighted by molar-refractivity contribution is -0.117. The van der Waals surface area contributed by atoms with Crippen molar-refractivity contribution in [2.45, 2.75) is 12.8 Å². The summed E-state index contributed by atoms with van der Waals surface area (Å²) in [5, 5.41) is 0. The summed E-state index contributed by atoms with van der Waals surface area (Å²) in [5.41, 5.74) is 2.15. The van der Waals surface area contributed by atoms with Crippen molar-refractivity contribution in [3.8, 4) is 0 Å². The van der Waals surface area contributed by atoms with Crippen LogP contribution in [0.2, 0.25) is 0 Å². The first kappa shape index (κ1) is 10.6. The fraction of sp³-hybridized carbons (Fsp3) is 0.231. The number of carbonyl (C=O) groups is 2. The number of allylic oxidation sites excluding steroid dienone is 1. The molecule has 0 spiro atoms. The second-order valence-corrected chi connectivity index (χ2v) is 3.84. The predicted molar refractivity (Wildman–Crippen MR) is 63.1 cm³/mol. The number of anilines is 1. The van der Waals surface area contributed by atoms with E-state index in [0.29, 0.717) is 12.0 Å². The van der Waals surface area contributed by atoms with Crippen molar-refractivity contribution in [1.82, 2.24) is 0 Å². The summed E-state index contributed by atoms with van der Waals surface area (Å²) < 4.78 is 0. The van der Waals surface area contributed by atoms with Crippen LogP contribution in [0.4, 0.5) is 5.69 Å². The highest BCUT2D eigenvalue weighted by Gasteiger charge is 2.21. The van der Waals surface area contributed by atoms with Gasteiger partial charge in [-0.2, -0.15) is 0 Å². The summed E-state index contributed by atoms with van der Waals surface area (Å²) in [7, 11) is 0. The zero-order valence-corrected chi connectivity index (χ0v) is 8.98. The number of hydrogen-bond donors (Lipinski definition) is 0. The maximum absolute atomic E-state index is 11.5. The minimum atomic E-state index is 0.168. The van der Waals surface area contributed by atoms with Crippen molar-refractivity contribution in [3.05, 3.63) is 36.4 Å². The molecule has 0 saturated carbocycles. The molecule has 0 radical (unpaired) electrons. The number of rotatable bonds is 3. The first-order valence-corrected chi connectivity index (χ1v) is 5.27. The molecule has 1 aliphatic rings. The Morgan fingerprint density at radius 1 is 1.31 bits per heavy atom. The van der Waals surface area contributed by atoms with E-state index in [1.807, 2.05) is 24.3 Å². The van der Waals surface area contributed by atoms with Gasteiger partial charge in [-0.15, -0.1) is 0 Å². The van der Waals surface area contributed by atoms with Crippen molar-refractivity contribution >= 4 is 23.5 Å². The van der Waals surface area contributed by atoms with Crippen LogP contribution in [0.3, 0.4) is 0 Å². The van der Waals surface area contributed by atoms with Crippen molar-refractivity contribution in [3.63, 3.8) is 0 Å².